The third kappa shape index (κ3) is 5.15. The summed E-state index contributed by atoms with van der Waals surface area (Å²) in [6.07, 6.45) is -3.55. The van der Waals surface area contributed by atoms with Crippen molar-refractivity contribution in [1.82, 2.24) is 4.98 Å². The lowest BCUT2D eigenvalue weighted by Crippen LogP contribution is -2.20. The molecule has 2 amide bonds. The molecule has 3 N–H and O–H groups in total. The number of benzene rings is 2. The van der Waals surface area contributed by atoms with E-state index in [9.17, 15) is 31.5 Å². The number of nitrogens with zero attached hydrogens (tertiary/aromatic N) is 1. The normalized spacial score (nSPS) is 11.2. The number of ether oxygens (including phenoxy) is 2. The van der Waals surface area contributed by atoms with Crippen molar-refractivity contribution in [3.05, 3.63) is 76.1 Å². The van der Waals surface area contributed by atoms with Crippen molar-refractivity contribution >= 4 is 17.5 Å². The highest BCUT2D eigenvalue weighted by Crippen LogP contribution is 2.40. The second kappa shape index (κ2) is 9.57. The molecule has 0 unspecified atom stereocenters. The van der Waals surface area contributed by atoms with E-state index in [2.05, 4.69) is 10.3 Å². The fourth-order valence-electron chi connectivity index (χ4n) is 3.24. The molecule has 0 saturated heterocycles. The van der Waals surface area contributed by atoms with Crippen molar-refractivity contribution in [2.24, 2.45) is 5.73 Å². The van der Waals surface area contributed by atoms with Crippen LogP contribution in [0, 0.1) is 25.5 Å². The predicted molar refractivity (Wildman–Crippen MR) is 115 cm³/mol. The van der Waals surface area contributed by atoms with Gasteiger partial charge in [0.25, 0.3) is 11.8 Å². The number of hydrogen-bond acceptors (Lipinski definition) is 5. The molecule has 7 nitrogen and oxygen atoms in total. The van der Waals surface area contributed by atoms with E-state index in [-0.39, 0.29) is 22.9 Å². The van der Waals surface area contributed by atoms with Crippen molar-refractivity contribution in [2.75, 3.05) is 12.4 Å². The molecule has 2 aromatic carbocycles. The summed E-state index contributed by atoms with van der Waals surface area (Å²) in [6, 6.07) is 4.46. The molecule has 1 aromatic heterocycles. The largest absolute Gasteiger partial charge is 0.490 e. The van der Waals surface area contributed by atoms with Crippen LogP contribution in [0.1, 0.15) is 37.5 Å². The van der Waals surface area contributed by atoms with Crippen molar-refractivity contribution in [2.45, 2.75) is 20.0 Å². The maximum absolute atomic E-state index is 14.1. The molecule has 0 aliphatic heterocycles. The van der Waals surface area contributed by atoms with Crippen LogP contribution in [-0.4, -0.2) is 23.9 Å². The maximum atomic E-state index is 14.1. The average molecular weight is 495 g/mol. The van der Waals surface area contributed by atoms with Crippen LogP contribution in [0.15, 0.2) is 36.5 Å². The van der Waals surface area contributed by atoms with Crippen molar-refractivity contribution in [3.8, 4) is 17.2 Å². The highest BCUT2D eigenvalue weighted by molar-refractivity contribution is 6.08. The van der Waals surface area contributed by atoms with Gasteiger partial charge in [0.2, 0.25) is 11.6 Å². The zero-order valence-electron chi connectivity index (χ0n) is 18.5. The van der Waals surface area contributed by atoms with E-state index >= 15 is 0 Å². The van der Waals surface area contributed by atoms with Gasteiger partial charge >= 0.3 is 6.18 Å². The average Bonchev–Trinajstić information content (AvgIpc) is 2.77. The van der Waals surface area contributed by atoms with E-state index in [1.165, 1.54) is 13.1 Å². The van der Waals surface area contributed by atoms with Gasteiger partial charge in [0.15, 0.2) is 11.6 Å². The lowest BCUT2D eigenvalue weighted by atomic mass is 9.99. The van der Waals surface area contributed by atoms with Gasteiger partial charge in [-0.3, -0.25) is 14.6 Å². The van der Waals surface area contributed by atoms with Crippen LogP contribution in [0.2, 0.25) is 0 Å². The molecule has 0 atom stereocenters. The van der Waals surface area contributed by atoms with E-state index in [4.69, 9.17) is 15.2 Å². The molecule has 3 rings (SSSR count). The highest BCUT2D eigenvalue weighted by atomic mass is 19.4. The van der Waals surface area contributed by atoms with Gasteiger partial charge in [-0.15, -0.1) is 0 Å². The zero-order chi connectivity index (χ0) is 26.1. The summed E-state index contributed by atoms with van der Waals surface area (Å²) in [6.45, 7) is 2.59. The molecule has 0 radical (unpaired) electrons. The Morgan fingerprint density at radius 1 is 1.06 bits per heavy atom. The standard InChI is InChI=1S/C23H18F5N3O4/c1-10-9-30-15(21(29)32)8-14(10)31-22(33)18-11(2)12(23(26,27)28)4-6-16(18)35-17-7-5-13(24)19(25)20(17)34-3/h4-9H,1-3H3,(H2,29,32)(H,30,31,33). The van der Waals surface area contributed by atoms with Crippen LogP contribution < -0.4 is 20.5 Å². The monoisotopic (exact) mass is 495 g/mol. The first-order valence-electron chi connectivity index (χ1n) is 9.83. The van der Waals surface area contributed by atoms with Gasteiger partial charge in [0.1, 0.15) is 11.4 Å². The maximum Gasteiger partial charge on any atom is 0.416 e. The van der Waals surface area contributed by atoms with Gasteiger partial charge < -0.3 is 20.5 Å². The number of halogens is 5. The number of methoxy groups -OCH3 is 1. The number of nitrogens with one attached hydrogen (secondary N) is 1. The molecular formula is C23H18F5N3O4. The number of rotatable bonds is 6. The van der Waals surface area contributed by atoms with E-state index in [1.54, 1.807) is 0 Å². The molecule has 35 heavy (non-hydrogen) atoms. The Bertz CT molecular complexity index is 1330. The van der Waals surface area contributed by atoms with Crippen molar-refractivity contribution in [3.63, 3.8) is 0 Å². The zero-order valence-corrected chi connectivity index (χ0v) is 18.5. The Hall–Kier alpha value is -4.22. The number of anilines is 1. The number of amides is 2. The number of aryl methyl sites for hydroxylation is 1. The number of nitrogens with two attached hydrogens (primary N) is 1. The number of carbonyl (C=O) groups excluding carboxylic acids is 2. The first-order chi connectivity index (χ1) is 16.3. The number of alkyl halides is 3. The molecule has 0 spiro atoms. The summed E-state index contributed by atoms with van der Waals surface area (Å²) in [5.74, 6) is -5.96. The van der Waals surface area contributed by atoms with Crippen molar-refractivity contribution in [1.29, 1.82) is 0 Å². The third-order valence-corrected chi connectivity index (χ3v) is 5.00. The minimum absolute atomic E-state index is 0.0620. The first-order valence-corrected chi connectivity index (χ1v) is 9.83. The van der Waals surface area contributed by atoms with E-state index in [0.29, 0.717) is 11.6 Å². The molecule has 0 fully saturated rings. The van der Waals surface area contributed by atoms with Gasteiger partial charge in [0.05, 0.1) is 18.2 Å². The van der Waals surface area contributed by atoms with E-state index < -0.39 is 52.1 Å². The Labute approximate surface area is 195 Å². The summed E-state index contributed by atoms with van der Waals surface area (Å²) in [7, 11) is 1.04. The molecule has 0 aliphatic rings. The fraction of sp³-hybridized carbons (Fsp3) is 0.174. The molecule has 184 valence electrons. The third-order valence-electron chi connectivity index (χ3n) is 5.00. The van der Waals surface area contributed by atoms with Gasteiger partial charge in [0, 0.05) is 11.9 Å². The summed E-state index contributed by atoms with van der Waals surface area (Å²) >= 11 is 0. The van der Waals surface area contributed by atoms with Crippen LogP contribution >= 0.6 is 0 Å². The number of aromatic nitrogens is 1. The lowest BCUT2D eigenvalue weighted by molar-refractivity contribution is -0.138. The fourth-order valence-corrected chi connectivity index (χ4v) is 3.24. The molecular weight excluding hydrogens is 477 g/mol. The Morgan fingerprint density at radius 3 is 2.31 bits per heavy atom. The molecule has 3 aromatic rings. The summed E-state index contributed by atoms with van der Waals surface area (Å²) in [5, 5.41) is 2.42. The van der Waals surface area contributed by atoms with Gasteiger partial charge in [-0.2, -0.15) is 17.6 Å². The SMILES string of the molecule is COc1c(Oc2ccc(C(F)(F)F)c(C)c2C(=O)Nc2cc(C(N)=O)ncc2C)ccc(F)c1F. The van der Waals surface area contributed by atoms with Gasteiger partial charge in [-0.05, 0) is 55.3 Å². The number of carbonyl (C=O) groups is 2. The second-order valence-corrected chi connectivity index (χ2v) is 7.31. The van der Waals surface area contributed by atoms with E-state index in [1.807, 2.05) is 0 Å². The van der Waals surface area contributed by atoms with Crippen LogP contribution in [0.3, 0.4) is 0 Å². The van der Waals surface area contributed by atoms with Crippen LogP contribution in [0.25, 0.3) is 0 Å². The number of pyridine rings is 1. The van der Waals surface area contributed by atoms with Crippen LogP contribution in [0.5, 0.6) is 17.2 Å². The van der Waals surface area contributed by atoms with Gasteiger partial charge in [-0.25, -0.2) is 4.39 Å². The molecule has 1 heterocycles. The Kier molecular flexibility index (Phi) is 6.94. The summed E-state index contributed by atoms with van der Waals surface area (Å²) in [5.41, 5.74) is 3.32. The summed E-state index contributed by atoms with van der Waals surface area (Å²) < 4.78 is 78.7. The molecule has 0 saturated carbocycles. The highest BCUT2D eigenvalue weighted by Gasteiger charge is 2.35. The van der Waals surface area contributed by atoms with Gasteiger partial charge in [-0.1, -0.05) is 0 Å². The molecule has 0 aliphatic carbocycles. The number of hydrogen-bond donors (Lipinski definition) is 2. The minimum Gasteiger partial charge on any atom is -0.490 e. The minimum atomic E-state index is -4.80. The van der Waals surface area contributed by atoms with Crippen LogP contribution in [-0.2, 0) is 6.18 Å². The predicted octanol–water partition coefficient (Wildman–Crippen LogP) is 5.15. The molecule has 0 bridgehead atoms. The first kappa shape index (κ1) is 25.4. The molecule has 12 heteroatoms. The quantitative estimate of drug-likeness (QED) is 0.461. The lowest BCUT2D eigenvalue weighted by Gasteiger charge is -2.19. The Morgan fingerprint density at radius 2 is 1.71 bits per heavy atom. The van der Waals surface area contributed by atoms with Crippen LogP contribution in [0.4, 0.5) is 27.6 Å². The second-order valence-electron chi connectivity index (χ2n) is 7.31. The Balaban J connectivity index is 2.14. The number of primary amides is 1. The van der Waals surface area contributed by atoms with Crippen molar-refractivity contribution < 1.29 is 41.0 Å². The summed E-state index contributed by atoms with van der Waals surface area (Å²) in [4.78, 5) is 28.4. The smallest absolute Gasteiger partial charge is 0.416 e. The van der Waals surface area contributed by atoms with E-state index in [0.717, 1.165) is 38.3 Å². The topological polar surface area (TPSA) is 104 Å².